The van der Waals surface area contributed by atoms with Gasteiger partial charge in [-0.15, -0.1) is 10.2 Å². The Bertz CT molecular complexity index is 2230. The molecule has 0 radical (unpaired) electrons. The van der Waals surface area contributed by atoms with Crippen molar-refractivity contribution in [3.63, 3.8) is 0 Å². The van der Waals surface area contributed by atoms with Crippen LogP contribution in [0.2, 0.25) is 0 Å². The Labute approximate surface area is 348 Å². The summed E-state index contributed by atoms with van der Waals surface area (Å²) in [5.41, 5.74) is -2.71. The third-order valence-corrected chi connectivity index (χ3v) is 11.6. The quantitative estimate of drug-likeness (QED) is 0.0820. The van der Waals surface area contributed by atoms with Gasteiger partial charge in [0.2, 0.25) is 0 Å². The van der Waals surface area contributed by atoms with Crippen LogP contribution in [0.4, 0.5) is 18.4 Å². The molecule has 2 aliphatic rings. The highest BCUT2D eigenvalue weighted by atomic mass is 19.1. The Morgan fingerprint density at radius 1 is 0.833 bits per heavy atom. The van der Waals surface area contributed by atoms with Crippen molar-refractivity contribution >= 4 is 23.7 Å². The maximum Gasteiger partial charge on any atom is 0.430 e. The zero-order valence-electron chi connectivity index (χ0n) is 35.3. The van der Waals surface area contributed by atoms with Crippen LogP contribution in [0.5, 0.6) is 0 Å². The Morgan fingerprint density at radius 2 is 1.43 bits per heavy atom. The number of hydrazine groups is 1. The second-order valence-corrected chi connectivity index (χ2v) is 17.4. The number of hydrogen-bond donors (Lipinski definition) is 1. The first kappa shape index (κ1) is 43.6. The molecule has 4 aromatic rings. The zero-order valence-corrected chi connectivity index (χ0v) is 35.3. The first-order chi connectivity index (χ1) is 28.3. The third kappa shape index (κ3) is 7.79. The van der Waals surface area contributed by atoms with Crippen LogP contribution < -0.4 is 5.43 Å². The summed E-state index contributed by atoms with van der Waals surface area (Å²) in [6.45, 7) is 18.1. The summed E-state index contributed by atoms with van der Waals surface area (Å²) < 4.78 is 50.1. The van der Waals surface area contributed by atoms with E-state index in [1.165, 1.54) is 55.7 Å². The maximum atomic E-state index is 16.0. The fraction of sp³-hybridized carbons (Fsp3) is 0.477. The lowest BCUT2D eigenvalue weighted by molar-refractivity contribution is -0.175. The third-order valence-electron chi connectivity index (χ3n) is 11.6. The molecule has 6 rings (SSSR count). The fourth-order valence-electron chi connectivity index (χ4n) is 8.54. The number of ether oxygens (including phenoxy) is 3. The van der Waals surface area contributed by atoms with E-state index in [9.17, 15) is 9.59 Å². The van der Waals surface area contributed by atoms with Crippen LogP contribution in [-0.4, -0.2) is 65.5 Å². The molecule has 2 fully saturated rings. The van der Waals surface area contributed by atoms with Gasteiger partial charge in [-0.05, 0) is 102 Å². The van der Waals surface area contributed by atoms with Crippen molar-refractivity contribution in [2.45, 2.75) is 122 Å². The maximum absolute atomic E-state index is 16.0. The molecule has 318 valence electrons. The van der Waals surface area contributed by atoms with E-state index >= 15 is 13.6 Å². The molecule has 0 bridgehead atoms. The summed E-state index contributed by atoms with van der Waals surface area (Å²) >= 11 is 0. The molecule has 2 unspecified atom stereocenters. The number of amides is 2. The molecule has 0 aliphatic heterocycles. The largest absolute Gasteiger partial charge is 0.492 e. The van der Waals surface area contributed by atoms with Gasteiger partial charge >= 0.3 is 12.2 Å². The molecular formula is C44H52F2N8O6. The summed E-state index contributed by atoms with van der Waals surface area (Å²) in [6.07, 6.45) is 2.46. The number of Topliss-reactive ketones (excluding diaryl/α,β-unsaturated/α-hetero) is 1. The van der Waals surface area contributed by atoms with Gasteiger partial charge in [0.25, 0.3) is 0 Å². The monoisotopic (exact) mass is 826 g/mol. The average molecular weight is 827 g/mol. The standard InChI is InChI=1S/C44H52F2N8O6/c1-10-58-28(3)32-19-20-34(52-50-32)44(40(4,5)6,43(23-14-24-43)36-30(46)16-12-26-48-36)60-39(57)54(41(7,8)9)53-38(56)59-37(33-18-17-31(27(2)55)49-51-33)42(21-13-22-42)35-29(45)15-11-25-47-35/h11-12,15-20,25-26,37H,3,10,13-14,21-24H2,1-2,4-9H3,(H,53,56). The van der Waals surface area contributed by atoms with Gasteiger partial charge in [-0.2, -0.15) is 10.2 Å². The van der Waals surface area contributed by atoms with Crippen LogP contribution in [0.3, 0.4) is 0 Å². The normalized spacial score (nSPS) is 17.1. The van der Waals surface area contributed by atoms with Gasteiger partial charge in [0.15, 0.2) is 17.5 Å². The highest BCUT2D eigenvalue weighted by Gasteiger charge is 2.68. The SMILES string of the molecule is C=C(OCC)c1ccc(C(OC(=O)N(NC(=O)OC(c2ccc(C(C)=O)nn2)C2(c3ncccc3F)CCC2)C(C)(C)C)(C(C)(C)C)C2(c3ncccc3F)CCC2)nn1. The van der Waals surface area contributed by atoms with E-state index in [1.54, 1.807) is 32.9 Å². The van der Waals surface area contributed by atoms with Gasteiger partial charge in [0, 0.05) is 24.7 Å². The number of hydrogen-bond acceptors (Lipinski definition) is 12. The van der Waals surface area contributed by atoms with Crippen molar-refractivity contribution in [2.75, 3.05) is 6.61 Å². The Kier molecular flexibility index (Phi) is 12.1. The molecule has 4 heterocycles. The van der Waals surface area contributed by atoms with Crippen molar-refractivity contribution in [1.29, 1.82) is 0 Å². The Hall–Kier alpha value is -5.93. The predicted molar refractivity (Wildman–Crippen MR) is 216 cm³/mol. The molecule has 14 nitrogen and oxygen atoms in total. The highest BCUT2D eigenvalue weighted by Crippen LogP contribution is 2.63. The van der Waals surface area contributed by atoms with Gasteiger partial charge in [-0.1, -0.05) is 40.2 Å². The number of ketones is 1. The molecule has 2 aliphatic carbocycles. The van der Waals surface area contributed by atoms with Crippen LogP contribution >= 0.6 is 0 Å². The second-order valence-electron chi connectivity index (χ2n) is 17.4. The van der Waals surface area contributed by atoms with Gasteiger partial charge < -0.3 is 14.2 Å². The number of pyridine rings is 2. The van der Waals surface area contributed by atoms with Crippen LogP contribution in [0.1, 0.15) is 139 Å². The van der Waals surface area contributed by atoms with Gasteiger partial charge in [0.1, 0.15) is 40.2 Å². The number of aromatic nitrogens is 6. The Balaban J connectivity index is 1.42. The minimum absolute atomic E-state index is 0.0815. The summed E-state index contributed by atoms with van der Waals surface area (Å²) in [5.74, 6) is -1.20. The van der Waals surface area contributed by atoms with Gasteiger partial charge in [-0.3, -0.25) is 14.8 Å². The molecule has 0 saturated heterocycles. The molecule has 1 N–H and O–H groups in total. The molecule has 16 heteroatoms. The second kappa shape index (κ2) is 16.6. The number of nitrogens with zero attached hydrogens (tertiary/aromatic N) is 7. The molecule has 60 heavy (non-hydrogen) atoms. The lowest BCUT2D eigenvalue weighted by atomic mass is 9.49. The number of carbonyl (C=O) groups is 3. The Morgan fingerprint density at radius 3 is 1.88 bits per heavy atom. The molecular weight excluding hydrogens is 775 g/mol. The van der Waals surface area contributed by atoms with E-state index in [0.29, 0.717) is 56.6 Å². The summed E-state index contributed by atoms with van der Waals surface area (Å²) in [7, 11) is 0. The van der Waals surface area contributed by atoms with E-state index < -0.39 is 57.3 Å². The van der Waals surface area contributed by atoms with Crippen molar-refractivity contribution < 1.29 is 37.4 Å². The summed E-state index contributed by atoms with van der Waals surface area (Å²) in [6, 6.07) is 11.8. The average Bonchev–Trinajstić information content (AvgIpc) is 3.16. The zero-order chi connectivity index (χ0) is 43.7. The molecule has 2 amide bonds. The predicted octanol–water partition coefficient (Wildman–Crippen LogP) is 8.65. The van der Waals surface area contributed by atoms with E-state index in [2.05, 4.69) is 42.4 Å². The first-order valence-electron chi connectivity index (χ1n) is 20.0. The molecule has 4 aromatic heterocycles. The fourth-order valence-corrected chi connectivity index (χ4v) is 8.54. The number of nitrogens with one attached hydrogen (secondary N) is 1. The minimum Gasteiger partial charge on any atom is -0.492 e. The molecule has 0 aromatic carbocycles. The van der Waals surface area contributed by atoms with Crippen molar-refractivity contribution in [3.8, 4) is 0 Å². The topological polar surface area (TPSA) is 172 Å². The van der Waals surface area contributed by atoms with Crippen molar-refractivity contribution in [3.05, 3.63) is 113 Å². The number of rotatable bonds is 12. The summed E-state index contributed by atoms with van der Waals surface area (Å²) in [4.78, 5) is 50.3. The highest BCUT2D eigenvalue weighted by molar-refractivity contribution is 5.91. The van der Waals surface area contributed by atoms with Crippen molar-refractivity contribution in [2.24, 2.45) is 5.41 Å². The summed E-state index contributed by atoms with van der Waals surface area (Å²) in [5, 5.41) is 18.3. The van der Waals surface area contributed by atoms with E-state index in [-0.39, 0.29) is 34.3 Å². The lowest BCUT2D eigenvalue weighted by Gasteiger charge is -2.59. The van der Waals surface area contributed by atoms with E-state index in [0.717, 1.165) is 5.01 Å². The molecule has 0 spiro atoms. The lowest BCUT2D eigenvalue weighted by Crippen LogP contribution is -2.66. The van der Waals surface area contributed by atoms with Gasteiger partial charge in [-0.25, -0.2) is 28.8 Å². The van der Waals surface area contributed by atoms with Crippen molar-refractivity contribution in [1.82, 2.24) is 40.8 Å². The van der Waals surface area contributed by atoms with Crippen LogP contribution in [0.15, 0.2) is 67.5 Å². The van der Waals surface area contributed by atoms with Gasteiger partial charge in [0.05, 0.1) is 34.4 Å². The van der Waals surface area contributed by atoms with E-state index in [4.69, 9.17) is 14.2 Å². The van der Waals surface area contributed by atoms with Crippen LogP contribution in [0, 0.1) is 17.0 Å². The van der Waals surface area contributed by atoms with E-state index in [1.807, 2.05) is 27.7 Å². The van der Waals surface area contributed by atoms with Crippen LogP contribution in [0.25, 0.3) is 5.76 Å². The van der Waals surface area contributed by atoms with Crippen LogP contribution in [-0.2, 0) is 30.6 Å². The smallest absolute Gasteiger partial charge is 0.430 e. The number of carbonyl (C=O) groups excluding carboxylic acids is 3. The first-order valence-corrected chi connectivity index (χ1v) is 20.0. The number of halogens is 2. The molecule has 2 atom stereocenters. The minimum atomic E-state index is -1.75. The molecule has 2 saturated carbocycles.